The van der Waals surface area contributed by atoms with Crippen molar-refractivity contribution in [3.8, 4) is 0 Å². The molecule has 0 saturated carbocycles. The first-order valence-corrected chi connectivity index (χ1v) is 6.96. The number of benzene rings is 1. The van der Waals surface area contributed by atoms with E-state index < -0.39 is 0 Å². The smallest absolute Gasteiger partial charge is 0.210 e. The average Bonchev–Trinajstić information content (AvgIpc) is 2.41. The summed E-state index contributed by atoms with van der Waals surface area (Å²) in [5.74, 6) is 0.0330. The fourth-order valence-corrected chi connectivity index (χ4v) is 2.22. The van der Waals surface area contributed by atoms with E-state index in [2.05, 4.69) is 0 Å². The molecule has 0 aromatic heterocycles. The van der Waals surface area contributed by atoms with Crippen molar-refractivity contribution in [1.82, 2.24) is 4.90 Å². The van der Waals surface area contributed by atoms with E-state index in [9.17, 15) is 9.59 Å². The fraction of sp³-hybridized carbons (Fsp3) is 0.429. The molecule has 1 aromatic carbocycles. The third-order valence-corrected chi connectivity index (χ3v) is 3.74. The summed E-state index contributed by atoms with van der Waals surface area (Å²) in [5.41, 5.74) is 0.882. The van der Waals surface area contributed by atoms with E-state index in [0.29, 0.717) is 29.3 Å². The first kappa shape index (κ1) is 16.0. The van der Waals surface area contributed by atoms with Crippen LogP contribution in [0.5, 0.6) is 0 Å². The van der Waals surface area contributed by atoms with Crippen LogP contribution in [-0.2, 0) is 9.59 Å². The molecule has 0 fully saturated rings. The van der Waals surface area contributed by atoms with Gasteiger partial charge in [-0.15, -0.1) is 0 Å². The van der Waals surface area contributed by atoms with E-state index in [1.165, 1.54) is 4.90 Å². The lowest BCUT2D eigenvalue weighted by Gasteiger charge is -2.27. The molecule has 3 nitrogen and oxygen atoms in total. The summed E-state index contributed by atoms with van der Waals surface area (Å²) >= 11 is 11.9. The van der Waals surface area contributed by atoms with Crippen LogP contribution < -0.4 is 0 Å². The molecule has 104 valence electrons. The molecule has 0 saturated heterocycles. The standard InChI is InChI=1S/C14H17Cl2NO2/c1-3-11(19)8-17(9-18)14(4-2)10-5-6-12(15)13(16)7-10/h5-7,9,14H,3-4,8H2,1-2H3. The largest absolute Gasteiger partial charge is 0.331 e. The Hall–Kier alpha value is -1.06. The number of rotatable bonds is 7. The van der Waals surface area contributed by atoms with E-state index >= 15 is 0 Å². The lowest BCUT2D eigenvalue weighted by atomic mass is 10.0. The number of carbonyl (C=O) groups is 2. The molecule has 1 aromatic rings. The predicted molar refractivity (Wildman–Crippen MR) is 77.6 cm³/mol. The number of ketones is 1. The van der Waals surface area contributed by atoms with Crippen molar-refractivity contribution in [2.75, 3.05) is 6.54 Å². The van der Waals surface area contributed by atoms with Gasteiger partial charge >= 0.3 is 0 Å². The van der Waals surface area contributed by atoms with Gasteiger partial charge in [0.05, 0.1) is 22.6 Å². The van der Waals surface area contributed by atoms with Gasteiger partial charge in [-0.1, -0.05) is 43.1 Å². The van der Waals surface area contributed by atoms with E-state index in [-0.39, 0.29) is 18.4 Å². The molecule has 0 bridgehead atoms. The Kier molecular flexibility index (Phi) is 6.32. The maximum Gasteiger partial charge on any atom is 0.210 e. The fourth-order valence-electron chi connectivity index (χ4n) is 1.92. The quantitative estimate of drug-likeness (QED) is 0.717. The van der Waals surface area contributed by atoms with Crippen LogP contribution in [0, 0.1) is 0 Å². The summed E-state index contributed by atoms with van der Waals surface area (Å²) in [6.45, 7) is 3.87. The van der Waals surface area contributed by atoms with Crippen molar-refractivity contribution in [3.63, 3.8) is 0 Å². The van der Waals surface area contributed by atoms with Crippen molar-refractivity contribution in [3.05, 3.63) is 33.8 Å². The van der Waals surface area contributed by atoms with Crippen LogP contribution in [0.4, 0.5) is 0 Å². The van der Waals surface area contributed by atoms with Gasteiger partial charge < -0.3 is 4.90 Å². The summed E-state index contributed by atoms with van der Waals surface area (Å²) in [4.78, 5) is 24.2. The molecular weight excluding hydrogens is 285 g/mol. The third-order valence-electron chi connectivity index (χ3n) is 3.00. The van der Waals surface area contributed by atoms with Crippen molar-refractivity contribution in [2.24, 2.45) is 0 Å². The lowest BCUT2D eigenvalue weighted by molar-refractivity contribution is -0.128. The molecule has 1 atom stereocenters. The Bertz CT molecular complexity index is 463. The van der Waals surface area contributed by atoms with E-state index in [1.807, 2.05) is 13.0 Å². The molecule has 1 amide bonds. The molecule has 0 spiro atoms. The summed E-state index contributed by atoms with van der Waals surface area (Å²) < 4.78 is 0. The molecule has 0 radical (unpaired) electrons. The van der Waals surface area contributed by atoms with E-state index in [0.717, 1.165) is 5.56 Å². The minimum atomic E-state index is -0.164. The summed E-state index contributed by atoms with van der Waals surface area (Å²) in [5, 5.41) is 0.924. The summed E-state index contributed by atoms with van der Waals surface area (Å²) in [7, 11) is 0. The third kappa shape index (κ3) is 4.22. The molecule has 0 heterocycles. The maximum atomic E-state index is 11.5. The normalized spacial score (nSPS) is 12.0. The SMILES string of the molecule is CCC(=O)CN(C=O)C(CC)c1ccc(Cl)c(Cl)c1. The Labute approximate surface area is 123 Å². The summed E-state index contributed by atoms with van der Waals surface area (Å²) in [6.07, 6.45) is 1.83. The van der Waals surface area contributed by atoms with Gasteiger partial charge in [0, 0.05) is 6.42 Å². The molecule has 1 rings (SSSR count). The second-order valence-corrected chi connectivity index (χ2v) is 5.08. The van der Waals surface area contributed by atoms with Gasteiger partial charge in [0.2, 0.25) is 6.41 Å². The number of amides is 1. The van der Waals surface area contributed by atoms with Gasteiger partial charge in [0.15, 0.2) is 5.78 Å². The Morgan fingerprint density at radius 2 is 2.00 bits per heavy atom. The number of nitrogens with zero attached hydrogens (tertiary/aromatic N) is 1. The zero-order valence-corrected chi connectivity index (χ0v) is 12.5. The predicted octanol–water partition coefficient (Wildman–Crippen LogP) is 3.88. The maximum absolute atomic E-state index is 11.5. The van der Waals surface area contributed by atoms with Crippen molar-refractivity contribution in [2.45, 2.75) is 32.7 Å². The minimum Gasteiger partial charge on any atom is -0.331 e. The highest BCUT2D eigenvalue weighted by atomic mass is 35.5. The Morgan fingerprint density at radius 1 is 1.32 bits per heavy atom. The van der Waals surface area contributed by atoms with Crippen LogP contribution in [0.15, 0.2) is 18.2 Å². The second kappa shape index (κ2) is 7.51. The van der Waals surface area contributed by atoms with E-state index in [4.69, 9.17) is 23.2 Å². The topological polar surface area (TPSA) is 37.4 Å². The van der Waals surface area contributed by atoms with Gasteiger partial charge in [0.1, 0.15) is 0 Å². The molecule has 0 aliphatic heterocycles. The van der Waals surface area contributed by atoms with Crippen molar-refractivity contribution >= 4 is 35.4 Å². The first-order valence-electron chi connectivity index (χ1n) is 6.21. The Balaban J connectivity index is 2.99. The number of hydrogen-bond donors (Lipinski definition) is 0. The van der Waals surface area contributed by atoms with Gasteiger partial charge in [-0.05, 0) is 24.1 Å². The van der Waals surface area contributed by atoms with Crippen LogP contribution in [0.3, 0.4) is 0 Å². The van der Waals surface area contributed by atoms with Gasteiger partial charge in [0.25, 0.3) is 0 Å². The molecule has 0 aliphatic rings. The van der Waals surface area contributed by atoms with Gasteiger partial charge in [-0.2, -0.15) is 0 Å². The lowest BCUT2D eigenvalue weighted by Crippen LogP contribution is -2.32. The number of halogens is 2. The zero-order chi connectivity index (χ0) is 14.4. The molecule has 5 heteroatoms. The number of hydrogen-bond acceptors (Lipinski definition) is 2. The van der Waals surface area contributed by atoms with Crippen molar-refractivity contribution < 1.29 is 9.59 Å². The molecular formula is C14H17Cl2NO2. The number of Topliss-reactive ketones (excluding diaryl/α,β-unsaturated/α-hetero) is 1. The van der Waals surface area contributed by atoms with Crippen molar-refractivity contribution in [1.29, 1.82) is 0 Å². The molecule has 0 N–H and O–H groups in total. The highest BCUT2D eigenvalue weighted by Gasteiger charge is 2.19. The van der Waals surface area contributed by atoms with Crippen LogP contribution in [0.25, 0.3) is 0 Å². The van der Waals surface area contributed by atoms with E-state index in [1.54, 1.807) is 19.1 Å². The molecule has 19 heavy (non-hydrogen) atoms. The van der Waals surface area contributed by atoms with Gasteiger partial charge in [-0.3, -0.25) is 9.59 Å². The average molecular weight is 302 g/mol. The van der Waals surface area contributed by atoms with Crippen LogP contribution in [-0.4, -0.2) is 23.6 Å². The summed E-state index contributed by atoms with van der Waals surface area (Å²) in [6, 6.07) is 5.11. The monoisotopic (exact) mass is 301 g/mol. The van der Waals surface area contributed by atoms with Crippen LogP contribution in [0.2, 0.25) is 10.0 Å². The zero-order valence-electron chi connectivity index (χ0n) is 11.0. The molecule has 0 aliphatic carbocycles. The van der Waals surface area contributed by atoms with Crippen LogP contribution in [0.1, 0.15) is 38.3 Å². The highest BCUT2D eigenvalue weighted by Crippen LogP contribution is 2.29. The van der Waals surface area contributed by atoms with Crippen LogP contribution >= 0.6 is 23.2 Å². The number of carbonyl (C=O) groups excluding carboxylic acids is 2. The minimum absolute atomic E-state index is 0.0330. The second-order valence-electron chi connectivity index (χ2n) is 4.27. The molecule has 1 unspecified atom stereocenters. The first-order chi connectivity index (χ1) is 9.03. The van der Waals surface area contributed by atoms with Gasteiger partial charge in [-0.25, -0.2) is 0 Å². The Morgan fingerprint density at radius 3 is 2.47 bits per heavy atom. The highest BCUT2D eigenvalue weighted by molar-refractivity contribution is 6.42.